The quantitative estimate of drug-likeness (QED) is 0.612. The van der Waals surface area contributed by atoms with Crippen LogP contribution >= 0.6 is 0 Å². The van der Waals surface area contributed by atoms with E-state index in [0.29, 0.717) is 6.04 Å². The lowest BCUT2D eigenvalue weighted by molar-refractivity contribution is 0.342. The van der Waals surface area contributed by atoms with Crippen molar-refractivity contribution < 1.29 is 0 Å². The monoisotopic (exact) mass is 241 g/mol. The molecule has 96 valence electrons. The van der Waals surface area contributed by atoms with Crippen molar-refractivity contribution in [2.75, 3.05) is 6.54 Å². The Morgan fingerprint density at radius 3 is 2.50 bits per heavy atom. The van der Waals surface area contributed by atoms with Crippen molar-refractivity contribution in [2.24, 2.45) is 0 Å². The average molecular weight is 241 g/mol. The second kappa shape index (κ2) is 7.24. The Morgan fingerprint density at radius 1 is 1.11 bits per heavy atom. The van der Waals surface area contributed by atoms with Crippen LogP contribution in [0.4, 0.5) is 0 Å². The molecular formula is C17H23N. The molecule has 0 aromatic heterocycles. The van der Waals surface area contributed by atoms with Gasteiger partial charge in [0.2, 0.25) is 0 Å². The minimum absolute atomic E-state index is 0.711. The summed E-state index contributed by atoms with van der Waals surface area (Å²) >= 11 is 0. The third-order valence-corrected chi connectivity index (χ3v) is 3.93. The Balaban J connectivity index is 1.70. The van der Waals surface area contributed by atoms with Crippen molar-refractivity contribution in [1.29, 1.82) is 0 Å². The van der Waals surface area contributed by atoms with Gasteiger partial charge in [0.25, 0.3) is 0 Å². The standard InChI is InChI=1S/C17H23N/c1-2-3-7-14-18-17-12-10-16(11-13-17)15-8-5-4-6-9-15/h1,4-6,8-9,16-18H,3,7,10-14H2. The highest BCUT2D eigenvalue weighted by molar-refractivity contribution is 5.20. The van der Waals surface area contributed by atoms with E-state index in [0.717, 1.165) is 25.3 Å². The lowest BCUT2D eigenvalue weighted by atomic mass is 9.82. The molecule has 1 heteroatoms. The molecule has 0 atom stereocenters. The second-order valence-corrected chi connectivity index (χ2v) is 5.22. The predicted octanol–water partition coefficient (Wildman–Crippen LogP) is 3.72. The van der Waals surface area contributed by atoms with Crippen molar-refractivity contribution in [1.82, 2.24) is 5.32 Å². The third kappa shape index (κ3) is 3.89. The van der Waals surface area contributed by atoms with Crippen molar-refractivity contribution >= 4 is 0 Å². The van der Waals surface area contributed by atoms with Crippen LogP contribution in [0.25, 0.3) is 0 Å². The van der Waals surface area contributed by atoms with E-state index in [1.807, 2.05) is 0 Å². The van der Waals surface area contributed by atoms with Gasteiger partial charge in [0, 0.05) is 12.5 Å². The Morgan fingerprint density at radius 2 is 1.83 bits per heavy atom. The summed E-state index contributed by atoms with van der Waals surface area (Å²) in [5.74, 6) is 3.47. The van der Waals surface area contributed by atoms with Gasteiger partial charge in [0.05, 0.1) is 0 Å². The van der Waals surface area contributed by atoms with Gasteiger partial charge < -0.3 is 5.32 Å². The van der Waals surface area contributed by atoms with Crippen LogP contribution in [-0.2, 0) is 0 Å². The fourth-order valence-corrected chi connectivity index (χ4v) is 2.85. The van der Waals surface area contributed by atoms with E-state index in [9.17, 15) is 0 Å². The SMILES string of the molecule is C#CCCCNC1CCC(c2ccccc2)CC1. The van der Waals surface area contributed by atoms with Crippen molar-refractivity contribution in [3.05, 3.63) is 35.9 Å². The molecule has 1 N–H and O–H groups in total. The summed E-state index contributed by atoms with van der Waals surface area (Å²) in [6, 6.07) is 11.7. The molecule has 1 aliphatic rings. The smallest absolute Gasteiger partial charge is 0.00981 e. The first kappa shape index (κ1) is 13.2. The molecule has 1 aliphatic carbocycles. The molecule has 0 radical (unpaired) electrons. The number of rotatable bonds is 5. The van der Waals surface area contributed by atoms with Crippen LogP contribution < -0.4 is 5.32 Å². The third-order valence-electron chi connectivity index (χ3n) is 3.93. The molecule has 1 saturated carbocycles. The van der Waals surface area contributed by atoms with Crippen molar-refractivity contribution in [3.8, 4) is 12.3 Å². The number of nitrogens with one attached hydrogen (secondary N) is 1. The molecule has 0 heterocycles. The average Bonchev–Trinajstić information content (AvgIpc) is 2.45. The first-order valence-electron chi connectivity index (χ1n) is 7.12. The molecule has 1 nitrogen and oxygen atoms in total. The Kier molecular flexibility index (Phi) is 5.30. The fraction of sp³-hybridized carbons (Fsp3) is 0.529. The minimum Gasteiger partial charge on any atom is -0.314 e. The predicted molar refractivity (Wildman–Crippen MR) is 77.5 cm³/mol. The first-order valence-corrected chi connectivity index (χ1v) is 7.12. The van der Waals surface area contributed by atoms with E-state index in [2.05, 4.69) is 41.6 Å². The van der Waals surface area contributed by atoms with E-state index >= 15 is 0 Å². The fourth-order valence-electron chi connectivity index (χ4n) is 2.85. The van der Waals surface area contributed by atoms with Crippen LogP contribution in [0.15, 0.2) is 30.3 Å². The molecule has 0 spiro atoms. The van der Waals surface area contributed by atoms with Gasteiger partial charge >= 0.3 is 0 Å². The highest BCUT2D eigenvalue weighted by Gasteiger charge is 2.21. The van der Waals surface area contributed by atoms with Gasteiger partial charge in [-0.15, -0.1) is 12.3 Å². The van der Waals surface area contributed by atoms with Gasteiger partial charge in [-0.3, -0.25) is 0 Å². The lowest BCUT2D eigenvalue weighted by Crippen LogP contribution is -2.33. The molecule has 0 amide bonds. The molecule has 0 unspecified atom stereocenters. The molecule has 0 aliphatic heterocycles. The summed E-state index contributed by atoms with van der Waals surface area (Å²) in [5.41, 5.74) is 1.52. The molecule has 0 bridgehead atoms. The van der Waals surface area contributed by atoms with Gasteiger partial charge in [-0.25, -0.2) is 0 Å². The normalized spacial score (nSPS) is 23.5. The molecule has 1 aromatic carbocycles. The molecule has 2 rings (SSSR count). The van der Waals surface area contributed by atoms with E-state index in [4.69, 9.17) is 6.42 Å². The van der Waals surface area contributed by atoms with Crippen LogP contribution in [-0.4, -0.2) is 12.6 Å². The van der Waals surface area contributed by atoms with Crippen LogP contribution in [0.1, 0.15) is 50.0 Å². The van der Waals surface area contributed by atoms with Crippen LogP contribution in [0, 0.1) is 12.3 Å². The topological polar surface area (TPSA) is 12.0 Å². The summed E-state index contributed by atoms with van der Waals surface area (Å²) in [6.07, 6.45) is 12.5. The maximum atomic E-state index is 5.25. The lowest BCUT2D eigenvalue weighted by Gasteiger charge is -2.29. The zero-order chi connectivity index (χ0) is 12.6. The number of unbranched alkanes of at least 4 members (excludes halogenated alkanes) is 1. The van der Waals surface area contributed by atoms with Crippen LogP contribution in [0.5, 0.6) is 0 Å². The maximum Gasteiger partial charge on any atom is 0.00981 e. The van der Waals surface area contributed by atoms with Gasteiger partial charge in [-0.1, -0.05) is 30.3 Å². The zero-order valence-corrected chi connectivity index (χ0v) is 11.1. The Bertz CT molecular complexity index is 368. The summed E-state index contributed by atoms with van der Waals surface area (Å²) in [7, 11) is 0. The van der Waals surface area contributed by atoms with Gasteiger partial charge in [0.15, 0.2) is 0 Å². The summed E-state index contributed by atoms with van der Waals surface area (Å²) < 4.78 is 0. The van der Waals surface area contributed by atoms with Gasteiger partial charge in [-0.05, 0) is 50.1 Å². The van der Waals surface area contributed by atoms with E-state index < -0.39 is 0 Å². The van der Waals surface area contributed by atoms with Crippen molar-refractivity contribution in [2.45, 2.75) is 50.5 Å². The van der Waals surface area contributed by atoms with Gasteiger partial charge in [0.1, 0.15) is 0 Å². The summed E-state index contributed by atoms with van der Waals surface area (Å²) in [5, 5.41) is 3.63. The molecule has 1 fully saturated rings. The number of hydrogen-bond acceptors (Lipinski definition) is 1. The summed E-state index contributed by atoms with van der Waals surface area (Å²) in [6.45, 7) is 1.07. The molecular weight excluding hydrogens is 218 g/mol. The second-order valence-electron chi connectivity index (χ2n) is 5.22. The Labute approximate surface area is 111 Å². The Hall–Kier alpha value is -1.26. The summed E-state index contributed by atoms with van der Waals surface area (Å²) in [4.78, 5) is 0. The largest absolute Gasteiger partial charge is 0.314 e. The van der Waals surface area contributed by atoms with E-state index in [1.165, 1.54) is 31.2 Å². The molecule has 18 heavy (non-hydrogen) atoms. The number of terminal acetylenes is 1. The van der Waals surface area contributed by atoms with Crippen LogP contribution in [0.2, 0.25) is 0 Å². The highest BCUT2D eigenvalue weighted by atomic mass is 14.9. The highest BCUT2D eigenvalue weighted by Crippen LogP contribution is 2.32. The van der Waals surface area contributed by atoms with E-state index in [1.54, 1.807) is 0 Å². The molecule has 1 aromatic rings. The number of benzene rings is 1. The van der Waals surface area contributed by atoms with E-state index in [-0.39, 0.29) is 0 Å². The van der Waals surface area contributed by atoms with Crippen molar-refractivity contribution in [3.63, 3.8) is 0 Å². The number of hydrogen-bond donors (Lipinski definition) is 1. The molecule has 0 saturated heterocycles. The zero-order valence-electron chi connectivity index (χ0n) is 11.1. The maximum absolute atomic E-state index is 5.25. The first-order chi connectivity index (χ1) is 8.90. The van der Waals surface area contributed by atoms with Gasteiger partial charge in [-0.2, -0.15) is 0 Å². The minimum atomic E-state index is 0.711. The van der Waals surface area contributed by atoms with Crippen LogP contribution in [0.3, 0.4) is 0 Å².